The van der Waals surface area contributed by atoms with Gasteiger partial charge in [0.2, 0.25) is 0 Å². The van der Waals surface area contributed by atoms with Crippen LogP contribution < -0.4 is 21.5 Å². The first-order chi connectivity index (χ1) is 11.6. The summed E-state index contributed by atoms with van der Waals surface area (Å²) in [4.78, 5) is 24.0. The molecule has 0 fully saturated rings. The molecule has 0 radical (unpaired) electrons. The summed E-state index contributed by atoms with van der Waals surface area (Å²) in [6.07, 6.45) is 0. The van der Waals surface area contributed by atoms with Crippen molar-refractivity contribution in [2.24, 2.45) is 0 Å². The van der Waals surface area contributed by atoms with Crippen LogP contribution in [0.1, 0.15) is 27.6 Å². The number of rotatable bonds is 4. The lowest BCUT2D eigenvalue weighted by atomic mass is 10.2. The SMILES string of the molecule is CCNC(=S)NNC(=O)c1ccc(NC(=O)c2ccccc2)cc1. The van der Waals surface area contributed by atoms with Crippen molar-refractivity contribution >= 4 is 34.8 Å². The van der Waals surface area contributed by atoms with Crippen molar-refractivity contribution in [2.45, 2.75) is 6.92 Å². The first-order valence-electron chi connectivity index (χ1n) is 7.41. The van der Waals surface area contributed by atoms with E-state index in [2.05, 4.69) is 21.5 Å². The minimum absolute atomic E-state index is 0.203. The number of amides is 2. The molecule has 7 heteroatoms. The van der Waals surface area contributed by atoms with E-state index in [-0.39, 0.29) is 11.8 Å². The third-order valence-corrected chi connectivity index (χ3v) is 3.31. The highest BCUT2D eigenvalue weighted by atomic mass is 32.1. The van der Waals surface area contributed by atoms with Gasteiger partial charge in [-0.3, -0.25) is 20.4 Å². The molecule has 2 rings (SSSR count). The van der Waals surface area contributed by atoms with Crippen LogP contribution in [0.5, 0.6) is 0 Å². The number of benzene rings is 2. The summed E-state index contributed by atoms with van der Waals surface area (Å²) < 4.78 is 0. The third-order valence-electron chi connectivity index (χ3n) is 3.07. The van der Waals surface area contributed by atoms with Gasteiger partial charge in [-0.15, -0.1) is 0 Å². The van der Waals surface area contributed by atoms with Gasteiger partial charge in [0, 0.05) is 23.4 Å². The lowest BCUT2D eigenvalue weighted by molar-refractivity contribution is 0.0943. The van der Waals surface area contributed by atoms with Gasteiger partial charge in [0.15, 0.2) is 5.11 Å². The summed E-state index contributed by atoms with van der Waals surface area (Å²) in [6, 6.07) is 15.5. The quantitative estimate of drug-likeness (QED) is 0.505. The Bertz CT molecular complexity index is 717. The molecule has 0 saturated heterocycles. The molecule has 2 aromatic rings. The molecule has 0 aliphatic rings. The third kappa shape index (κ3) is 5.06. The maximum absolute atomic E-state index is 12.1. The van der Waals surface area contributed by atoms with Crippen molar-refractivity contribution < 1.29 is 9.59 Å². The normalized spacial score (nSPS) is 9.71. The summed E-state index contributed by atoms with van der Waals surface area (Å²) >= 11 is 4.95. The molecule has 0 aromatic heterocycles. The van der Waals surface area contributed by atoms with Crippen LogP contribution in [0.4, 0.5) is 5.69 Å². The summed E-state index contributed by atoms with van der Waals surface area (Å²) in [7, 11) is 0. The van der Waals surface area contributed by atoms with Crippen LogP contribution in [0.3, 0.4) is 0 Å². The zero-order valence-corrected chi connectivity index (χ0v) is 13.9. The fourth-order valence-corrected chi connectivity index (χ4v) is 2.08. The van der Waals surface area contributed by atoms with Crippen molar-refractivity contribution in [3.05, 3.63) is 65.7 Å². The second kappa shape index (κ2) is 8.64. The number of anilines is 1. The molecule has 6 nitrogen and oxygen atoms in total. The van der Waals surface area contributed by atoms with Crippen molar-refractivity contribution in [3.8, 4) is 0 Å². The van der Waals surface area contributed by atoms with E-state index in [0.717, 1.165) is 0 Å². The van der Waals surface area contributed by atoms with Gasteiger partial charge in [0.25, 0.3) is 11.8 Å². The second-order valence-electron chi connectivity index (χ2n) is 4.84. The van der Waals surface area contributed by atoms with Crippen LogP contribution in [0.25, 0.3) is 0 Å². The predicted molar refractivity (Wildman–Crippen MR) is 97.7 cm³/mol. The molecular weight excluding hydrogens is 324 g/mol. The Balaban J connectivity index is 1.91. The Hall–Kier alpha value is -2.93. The second-order valence-corrected chi connectivity index (χ2v) is 5.24. The topological polar surface area (TPSA) is 82.3 Å². The maximum atomic E-state index is 12.1. The molecule has 0 unspecified atom stereocenters. The highest BCUT2D eigenvalue weighted by Crippen LogP contribution is 2.11. The molecule has 0 saturated carbocycles. The lowest BCUT2D eigenvalue weighted by Crippen LogP contribution is -2.46. The standard InChI is InChI=1S/C17H18N4O2S/c1-2-18-17(24)21-20-16(23)13-8-10-14(11-9-13)19-15(22)12-6-4-3-5-7-12/h3-11H,2H2,1H3,(H,19,22)(H,20,23)(H2,18,21,24). The van der Waals surface area contributed by atoms with Gasteiger partial charge < -0.3 is 10.6 Å². The number of carbonyl (C=O) groups is 2. The van der Waals surface area contributed by atoms with E-state index in [1.165, 1.54) is 0 Å². The lowest BCUT2D eigenvalue weighted by Gasteiger charge is -2.10. The number of nitrogens with one attached hydrogen (secondary N) is 4. The zero-order valence-electron chi connectivity index (χ0n) is 13.1. The summed E-state index contributed by atoms with van der Waals surface area (Å²) in [5.74, 6) is -0.526. The van der Waals surface area contributed by atoms with Crippen LogP contribution in [0.2, 0.25) is 0 Å². The van der Waals surface area contributed by atoms with Crippen LogP contribution in [0.15, 0.2) is 54.6 Å². The minimum Gasteiger partial charge on any atom is -0.362 e. The largest absolute Gasteiger partial charge is 0.362 e. The average molecular weight is 342 g/mol. The van der Waals surface area contributed by atoms with Crippen molar-refractivity contribution in [1.82, 2.24) is 16.2 Å². The molecule has 0 heterocycles. The van der Waals surface area contributed by atoms with Gasteiger partial charge >= 0.3 is 0 Å². The Kier molecular flexibility index (Phi) is 6.27. The van der Waals surface area contributed by atoms with Gasteiger partial charge in [-0.05, 0) is 55.5 Å². The van der Waals surface area contributed by atoms with E-state index >= 15 is 0 Å². The van der Waals surface area contributed by atoms with E-state index in [4.69, 9.17) is 12.2 Å². The van der Waals surface area contributed by atoms with Crippen LogP contribution in [0, 0.1) is 0 Å². The van der Waals surface area contributed by atoms with Gasteiger partial charge in [-0.2, -0.15) is 0 Å². The molecule has 4 N–H and O–H groups in total. The van der Waals surface area contributed by atoms with Crippen LogP contribution in [-0.2, 0) is 0 Å². The Labute approximate surface area is 145 Å². The summed E-state index contributed by atoms with van der Waals surface area (Å²) in [5.41, 5.74) is 6.71. The fourth-order valence-electron chi connectivity index (χ4n) is 1.89. The molecule has 124 valence electrons. The van der Waals surface area contributed by atoms with E-state index in [9.17, 15) is 9.59 Å². The zero-order chi connectivity index (χ0) is 17.4. The number of hydrazine groups is 1. The molecule has 0 spiro atoms. The number of hydrogen-bond donors (Lipinski definition) is 4. The molecule has 2 aromatic carbocycles. The number of thiocarbonyl (C=S) groups is 1. The molecule has 0 bridgehead atoms. The van der Waals surface area contributed by atoms with E-state index in [1.54, 1.807) is 48.5 Å². The van der Waals surface area contributed by atoms with Gasteiger partial charge in [-0.1, -0.05) is 18.2 Å². The van der Waals surface area contributed by atoms with Crippen molar-refractivity contribution in [1.29, 1.82) is 0 Å². The Morgan fingerprint density at radius 1 is 0.875 bits per heavy atom. The van der Waals surface area contributed by atoms with Crippen molar-refractivity contribution in [3.63, 3.8) is 0 Å². The highest BCUT2D eigenvalue weighted by Gasteiger charge is 2.08. The van der Waals surface area contributed by atoms with E-state index in [1.807, 2.05) is 13.0 Å². The monoisotopic (exact) mass is 342 g/mol. The Morgan fingerprint density at radius 3 is 2.12 bits per heavy atom. The van der Waals surface area contributed by atoms with Crippen LogP contribution >= 0.6 is 12.2 Å². The molecule has 2 amide bonds. The average Bonchev–Trinajstić information content (AvgIpc) is 2.61. The summed E-state index contributed by atoms with van der Waals surface area (Å²) in [5, 5.41) is 5.98. The van der Waals surface area contributed by atoms with E-state index in [0.29, 0.717) is 28.5 Å². The Morgan fingerprint density at radius 2 is 1.50 bits per heavy atom. The number of hydrogen-bond acceptors (Lipinski definition) is 3. The molecule has 24 heavy (non-hydrogen) atoms. The van der Waals surface area contributed by atoms with Gasteiger partial charge in [0.05, 0.1) is 0 Å². The number of carbonyl (C=O) groups excluding carboxylic acids is 2. The molecule has 0 aliphatic carbocycles. The molecule has 0 atom stereocenters. The predicted octanol–water partition coefficient (Wildman–Crippen LogP) is 2.07. The van der Waals surface area contributed by atoms with Gasteiger partial charge in [0.1, 0.15) is 0 Å². The highest BCUT2D eigenvalue weighted by molar-refractivity contribution is 7.80. The fraction of sp³-hybridized carbons (Fsp3) is 0.118. The van der Waals surface area contributed by atoms with Gasteiger partial charge in [-0.25, -0.2) is 0 Å². The van der Waals surface area contributed by atoms with E-state index < -0.39 is 0 Å². The summed E-state index contributed by atoms with van der Waals surface area (Å²) in [6.45, 7) is 2.57. The smallest absolute Gasteiger partial charge is 0.269 e. The molecular formula is C17H18N4O2S. The van der Waals surface area contributed by atoms with Crippen LogP contribution in [-0.4, -0.2) is 23.5 Å². The minimum atomic E-state index is -0.323. The molecule has 0 aliphatic heterocycles. The maximum Gasteiger partial charge on any atom is 0.269 e. The van der Waals surface area contributed by atoms with Crippen molar-refractivity contribution in [2.75, 3.05) is 11.9 Å². The first-order valence-corrected chi connectivity index (χ1v) is 7.81. The first kappa shape index (κ1) is 17.4.